The van der Waals surface area contributed by atoms with Gasteiger partial charge >= 0.3 is 0 Å². The van der Waals surface area contributed by atoms with Crippen LogP contribution in [0.1, 0.15) is 28.4 Å². The number of nitrogens with one attached hydrogen (secondary N) is 2. The second kappa shape index (κ2) is 10.7. The first-order valence-corrected chi connectivity index (χ1v) is 13.4. The lowest BCUT2D eigenvalue weighted by molar-refractivity contribution is -0.133. The highest BCUT2D eigenvalue weighted by molar-refractivity contribution is 7.89. The van der Waals surface area contributed by atoms with Gasteiger partial charge in [-0.15, -0.1) is 0 Å². The zero-order valence-electron chi connectivity index (χ0n) is 20.3. The van der Waals surface area contributed by atoms with Crippen LogP contribution in [0.15, 0.2) is 94.6 Å². The van der Waals surface area contributed by atoms with Crippen LogP contribution in [0.2, 0.25) is 0 Å². The number of hydrogen-bond acceptors (Lipinski definition) is 6. The topological polar surface area (TPSA) is 134 Å². The Morgan fingerprint density at radius 1 is 0.974 bits per heavy atom. The number of nitrogens with zero attached hydrogens (tertiary/aromatic N) is 2. The van der Waals surface area contributed by atoms with Gasteiger partial charge in [-0.3, -0.25) is 19.9 Å². The lowest BCUT2D eigenvalue weighted by Gasteiger charge is -2.32. The molecule has 10 nitrogen and oxygen atoms in total. The van der Waals surface area contributed by atoms with Crippen LogP contribution in [0, 0.1) is 0 Å². The summed E-state index contributed by atoms with van der Waals surface area (Å²) in [4.78, 5) is 26.0. The maximum Gasteiger partial charge on any atom is 0.272 e. The lowest BCUT2D eigenvalue weighted by Crippen LogP contribution is -2.48. The molecule has 3 aromatic carbocycles. The molecule has 0 radical (unpaired) electrons. The van der Waals surface area contributed by atoms with Gasteiger partial charge in [0.2, 0.25) is 10.0 Å². The number of hydrogen-bond donors (Lipinski definition) is 3. The number of fused-ring (bicyclic) bond motifs is 1. The zero-order valence-corrected chi connectivity index (χ0v) is 21.1. The van der Waals surface area contributed by atoms with Gasteiger partial charge in [-0.1, -0.05) is 60.7 Å². The van der Waals surface area contributed by atoms with E-state index in [1.54, 1.807) is 0 Å². The Balaban J connectivity index is 1.42. The second-order valence-corrected chi connectivity index (χ2v) is 10.8. The molecule has 0 aliphatic carbocycles. The minimum absolute atomic E-state index is 0.00915. The summed E-state index contributed by atoms with van der Waals surface area (Å²) in [5.41, 5.74) is 3.27. The molecule has 0 saturated heterocycles. The van der Waals surface area contributed by atoms with Crippen molar-refractivity contribution in [1.82, 2.24) is 19.6 Å². The molecule has 5 rings (SSSR count). The van der Waals surface area contributed by atoms with Crippen molar-refractivity contribution in [3.8, 4) is 5.75 Å². The number of benzene rings is 3. The molecular weight excluding hydrogens is 508 g/mol. The molecule has 11 heteroatoms. The number of carbonyl (C=O) groups is 1. The maximum atomic E-state index is 13.6. The molecule has 2 heterocycles. The molecule has 196 valence electrons. The SMILES string of the molecule is O=C(NO)[C@H]1c2c([nH]n(Cc3ccccc3)c2=O)CCN1S(=O)(=O)c1ccc(OCc2ccccc2)cc1. The standard InChI is InChI=1S/C27H26N4O6S/c32-26(29-34)25-24-23(28-30(27(24)33)17-19-7-3-1-4-8-19)15-16-31(25)38(35,36)22-13-11-21(12-14-22)37-18-20-9-5-2-6-10-20/h1-14,25,28,34H,15-18H2,(H,29,32)/t25-/m1/s1. The first-order valence-electron chi connectivity index (χ1n) is 12.0. The fourth-order valence-corrected chi connectivity index (χ4v) is 6.12. The Morgan fingerprint density at radius 2 is 1.61 bits per heavy atom. The smallest absolute Gasteiger partial charge is 0.272 e. The van der Waals surface area contributed by atoms with E-state index < -0.39 is 27.5 Å². The van der Waals surface area contributed by atoms with E-state index in [-0.39, 0.29) is 30.0 Å². The molecule has 1 amide bonds. The molecule has 1 atom stereocenters. The van der Waals surface area contributed by atoms with Crippen molar-refractivity contribution < 1.29 is 23.2 Å². The average molecular weight is 535 g/mol. The minimum Gasteiger partial charge on any atom is -0.489 e. The third-order valence-electron chi connectivity index (χ3n) is 6.43. The van der Waals surface area contributed by atoms with Crippen LogP contribution < -0.4 is 15.8 Å². The minimum atomic E-state index is -4.22. The largest absolute Gasteiger partial charge is 0.489 e. The number of aromatic nitrogens is 2. The number of sulfonamides is 1. The summed E-state index contributed by atoms with van der Waals surface area (Å²) >= 11 is 0. The molecule has 1 aliphatic heterocycles. The summed E-state index contributed by atoms with van der Waals surface area (Å²) in [6.45, 7) is 0.478. The highest BCUT2D eigenvalue weighted by atomic mass is 32.2. The van der Waals surface area contributed by atoms with Crippen LogP contribution >= 0.6 is 0 Å². The van der Waals surface area contributed by atoms with E-state index in [0.717, 1.165) is 15.4 Å². The molecule has 38 heavy (non-hydrogen) atoms. The molecule has 0 unspecified atom stereocenters. The van der Waals surface area contributed by atoms with Crippen LogP contribution in [0.3, 0.4) is 0 Å². The number of rotatable bonds is 8. The number of hydroxylamine groups is 1. The highest BCUT2D eigenvalue weighted by Gasteiger charge is 2.43. The van der Waals surface area contributed by atoms with Crippen molar-refractivity contribution in [3.63, 3.8) is 0 Å². The van der Waals surface area contributed by atoms with Crippen molar-refractivity contribution in [1.29, 1.82) is 0 Å². The average Bonchev–Trinajstić information content (AvgIpc) is 3.27. The van der Waals surface area contributed by atoms with E-state index in [9.17, 15) is 23.2 Å². The Morgan fingerprint density at radius 3 is 2.24 bits per heavy atom. The number of amides is 1. The van der Waals surface area contributed by atoms with Crippen molar-refractivity contribution in [2.24, 2.45) is 0 Å². The quantitative estimate of drug-likeness (QED) is 0.235. The predicted molar refractivity (Wildman–Crippen MR) is 138 cm³/mol. The van der Waals surface area contributed by atoms with Crippen molar-refractivity contribution in [2.45, 2.75) is 30.5 Å². The molecule has 3 N–H and O–H groups in total. The zero-order chi connectivity index (χ0) is 26.7. The Labute approximate surface area is 219 Å². The van der Waals surface area contributed by atoms with Crippen LogP contribution in [-0.2, 0) is 34.4 Å². The van der Waals surface area contributed by atoms with Crippen LogP contribution in [-0.4, -0.2) is 40.2 Å². The Hall–Kier alpha value is -4.19. The number of ether oxygens (including phenoxy) is 1. The number of H-pyrrole nitrogens is 1. The monoisotopic (exact) mass is 534 g/mol. The van der Waals surface area contributed by atoms with Crippen molar-refractivity contribution >= 4 is 15.9 Å². The van der Waals surface area contributed by atoms with Crippen molar-refractivity contribution in [3.05, 3.63) is 118 Å². The molecular formula is C27H26N4O6S. The molecule has 0 spiro atoms. The lowest BCUT2D eigenvalue weighted by atomic mass is 10.0. The van der Waals surface area contributed by atoms with Crippen LogP contribution in [0.5, 0.6) is 5.75 Å². The molecule has 0 bridgehead atoms. The second-order valence-electron chi connectivity index (χ2n) is 8.87. The van der Waals surface area contributed by atoms with Gasteiger partial charge in [0.1, 0.15) is 18.4 Å². The summed E-state index contributed by atoms with van der Waals surface area (Å²) < 4.78 is 35.3. The van der Waals surface area contributed by atoms with Gasteiger partial charge in [0, 0.05) is 18.7 Å². The Kier molecular flexibility index (Phi) is 7.14. The van der Waals surface area contributed by atoms with Crippen LogP contribution in [0.4, 0.5) is 0 Å². The van der Waals surface area contributed by atoms with Gasteiger partial charge in [-0.25, -0.2) is 18.6 Å². The van der Waals surface area contributed by atoms with E-state index in [1.165, 1.54) is 34.4 Å². The van der Waals surface area contributed by atoms with Crippen LogP contribution in [0.25, 0.3) is 0 Å². The highest BCUT2D eigenvalue weighted by Crippen LogP contribution is 2.33. The summed E-state index contributed by atoms with van der Waals surface area (Å²) in [7, 11) is -4.22. The van der Waals surface area contributed by atoms with Gasteiger partial charge in [0.25, 0.3) is 11.5 Å². The number of aromatic amines is 1. The van der Waals surface area contributed by atoms with Gasteiger partial charge in [0.15, 0.2) is 0 Å². The van der Waals surface area contributed by atoms with Crippen molar-refractivity contribution in [2.75, 3.05) is 6.54 Å². The number of carbonyl (C=O) groups excluding carboxylic acids is 1. The van der Waals surface area contributed by atoms with Gasteiger partial charge in [-0.2, -0.15) is 4.31 Å². The molecule has 1 aromatic heterocycles. The molecule has 0 fully saturated rings. The van der Waals surface area contributed by atoms with Gasteiger partial charge in [0.05, 0.1) is 17.0 Å². The predicted octanol–water partition coefficient (Wildman–Crippen LogP) is 2.60. The fraction of sp³-hybridized carbons (Fsp3) is 0.185. The van der Waals surface area contributed by atoms with E-state index in [4.69, 9.17) is 4.74 Å². The van der Waals surface area contributed by atoms with E-state index in [0.29, 0.717) is 18.1 Å². The van der Waals surface area contributed by atoms with E-state index in [2.05, 4.69) is 5.10 Å². The molecule has 1 aliphatic rings. The van der Waals surface area contributed by atoms with Gasteiger partial charge < -0.3 is 4.74 Å². The normalized spacial score (nSPS) is 15.6. The Bertz CT molecular complexity index is 1580. The molecule has 4 aromatic rings. The summed E-state index contributed by atoms with van der Waals surface area (Å²) in [5.74, 6) is -0.534. The summed E-state index contributed by atoms with van der Waals surface area (Å²) in [5, 5.41) is 12.4. The molecule has 0 saturated carbocycles. The first kappa shape index (κ1) is 25.5. The maximum absolute atomic E-state index is 13.6. The summed E-state index contributed by atoms with van der Waals surface area (Å²) in [6.07, 6.45) is 0.194. The van der Waals surface area contributed by atoms with E-state index in [1.807, 2.05) is 60.7 Å². The third kappa shape index (κ3) is 4.99. The first-order chi connectivity index (χ1) is 18.4. The van der Waals surface area contributed by atoms with E-state index >= 15 is 0 Å². The summed E-state index contributed by atoms with van der Waals surface area (Å²) in [6, 6.07) is 23.1. The fourth-order valence-electron chi connectivity index (χ4n) is 4.56. The third-order valence-corrected chi connectivity index (χ3v) is 8.31. The van der Waals surface area contributed by atoms with Gasteiger partial charge in [-0.05, 0) is 35.4 Å².